The summed E-state index contributed by atoms with van der Waals surface area (Å²) in [6, 6.07) is 9.08. The van der Waals surface area contributed by atoms with Gasteiger partial charge in [-0.1, -0.05) is 24.3 Å². The second kappa shape index (κ2) is 6.02. The van der Waals surface area contributed by atoms with E-state index in [-0.39, 0.29) is 0 Å². The first-order chi connectivity index (χ1) is 7.90. The molecule has 0 bridgehead atoms. The maximum absolute atomic E-state index is 5.55. The smallest absolute Gasteiger partial charge is 0.00431 e. The summed E-state index contributed by atoms with van der Waals surface area (Å²) in [5, 5.41) is 3.42. The molecule has 3 N–H and O–H groups in total. The van der Waals surface area contributed by atoms with Crippen LogP contribution in [0.25, 0.3) is 0 Å². The lowest BCUT2D eigenvalue weighted by Crippen LogP contribution is -2.26. The second-order valence-electron chi connectivity index (χ2n) is 4.66. The van der Waals surface area contributed by atoms with E-state index >= 15 is 0 Å². The first-order valence-electron chi connectivity index (χ1n) is 6.40. The van der Waals surface area contributed by atoms with Crippen molar-refractivity contribution in [2.24, 2.45) is 5.73 Å². The first kappa shape index (κ1) is 11.6. The van der Waals surface area contributed by atoms with Crippen LogP contribution in [0.4, 0.5) is 0 Å². The van der Waals surface area contributed by atoms with E-state index in [9.17, 15) is 0 Å². The molecular formula is C14H22N2. The lowest BCUT2D eigenvalue weighted by Gasteiger charge is -2.23. The number of piperidine rings is 1. The fraction of sp³-hybridized carbons (Fsp3) is 0.571. The molecule has 0 aliphatic carbocycles. The molecule has 16 heavy (non-hydrogen) atoms. The van der Waals surface area contributed by atoms with Crippen LogP contribution in [-0.4, -0.2) is 19.6 Å². The van der Waals surface area contributed by atoms with Gasteiger partial charge in [-0.05, 0) is 62.4 Å². The summed E-state index contributed by atoms with van der Waals surface area (Å²) >= 11 is 0. The van der Waals surface area contributed by atoms with Crippen molar-refractivity contribution in [1.29, 1.82) is 0 Å². The summed E-state index contributed by atoms with van der Waals surface area (Å²) in [6.45, 7) is 3.12. The van der Waals surface area contributed by atoms with Crippen LogP contribution in [0.3, 0.4) is 0 Å². The molecule has 2 nitrogen and oxygen atoms in total. The largest absolute Gasteiger partial charge is 0.330 e. The first-order valence-corrected chi connectivity index (χ1v) is 6.40. The van der Waals surface area contributed by atoms with Crippen molar-refractivity contribution in [1.82, 2.24) is 5.32 Å². The molecule has 0 atom stereocenters. The molecule has 0 amide bonds. The zero-order chi connectivity index (χ0) is 11.2. The number of rotatable bonds is 4. The number of benzene rings is 1. The minimum absolute atomic E-state index is 0.763. The monoisotopic (exact) mass is 218 g/mol. The van der Waals surface area contributed by atoms with Crippen LogP contribution < -0.4 is 11.1 Å². The number of nitrogens with one attached hydrogen (secondary N) is 1. The Morgan fingerprint density at radius 2 is 2.06 bits per heavy atom. The molecule has 1 aliphatic rings. The Labute approximate surface area is 98.2 Å². The van der Waals surface area contributed by atoms with Gasteiger partial charge in [0.25, 0.3) is 0 Å². The van der Waals surface area contributed by atoms with E-state index in [0.717, 1.165) is 38.4 Å². The Balaban J connectivity index is 2.02. The highest BCUT2D eigenvalue weighted by Crippen LogP contribution is 2.25. The van der Waals surface area contributed by atoms with Crippen molar-refractivity contribution in [2.45, 2.75) is 31.6 Å². The molecule has 1 saturated heterocycles. The molecule has 0 unspecified atom stereocenters. The van der Waals surface area contributed by atoms with Gasteiger partial charge in [0.15, 0.2) is 0 Å². The zero-order valence-corrected chi connectivity index (χ0v) is 9.91. The molecular weight excluding hydrogens is 196 g/mol. The van der Waals surface area contributed by atoms with E-state index < -0.39 is 0 Å². The van der Waals surface area contributed by atoms with Crippen LogP contribution in [0.15, 0.2) is 24.3 Å². The SMILES string of the molecule is NCCCc1cccc(C2CCNCC2)c1. The number of aryl methyl sites for hydroxylation is 1. The molecule has 0 aromatic heterocycles. The van der Waals surface area contributed by atoms with E-state index in [1.54, 1.807) is 0 Å². The van der Waals surface area contributed by atoms with Gasteiger partial charge in [-0.3, -0.25) is 0 Å². The average molecular weight is 218 g/mol. The Bertz CT molecular complexity index is 316. The fourth-order valence-electron chi connectivity index (χ4n) is 2.46. The van der Waals surface area contributed by atoms with Gasteiger partial charge in [0.05, 0.1) is 0 Å². The maximum Gasteiger partial charge on any atom is -0.00431 e. The van der Waals surface area contributed by atoms with Crippen LogP contribution in [0.5, 0.6) is 0 Å². The van der Waals surface area contributed by atoms with Gasteiger partial charge in [0.1, 0.15) is 0 Å². The van der Waals surface area contributed by atoms with Gasteiger partial charge in [0, 0.05) is 0 Å². The van der Waals surface area contributed by atoms with E-state index in [4.69, 9.17) is 5.73 Å². The van der Waals surface area contributed by atoms with Gasteiger partial charge < -0.3 is 11.1 Å². The second-order valence-corrected chi connectivity index (χ2v) is 4.66. The Hall–Kier alpha value is -0.860. The molecule has 1 aromatic carbocycles. The predicted molar refractivity (Wildman–Crippen MR) is 68.7 cm³/mol. The minimum atomic E-state index is 0.763. The summed E-state index contributed by atoms with van der Waals surface area (Å²) in [5.74, 6) is 0.763. The average Bonchev–Trinajstić information content (AvgIpc) is 2.38. The number of nitrogens with two attached hydrogens (primary N) is 1. The van der Waals surface area contributed by atoms with Gasteiger partial charge >= 0.3 is 0 Å². The van der Waals surface area contributed by atoms with Crippen molar-refractivity contribution in [3.8, 4) is 0 Å². The van der Waals surface area contributed by atoms with E-state index in [1.165, 1.54) is 24.0 Å². The topological polar surface area (TPSA) is 38.0 Å². The molecule has 1 heterocycles. The van der Waals surface area contributed by atoms with Gasteiger partial charge in [-0.15, -0.1) is 0 Å². The molecule has 2 heteroatoms. The van der Waals surface area contributed by atoms with Gasteiger partial charge in [0.2, 0.25) is 0 Å². The van der Waals surface area contributed by atoms with Crippen LogP contribution >= 0.6 is 0 Å². The van der Waals surface area contributed by atoms with Crippen LogP contribution in [0, 0.1) is 0 Å². The predicted octanol–water partition coefficient (Wildman–Crippen LogP) is 2.04. The molecule has 1 aliphatic heterocycles. The molecule has 0 saturated carbocycles. The summed E-state index contributed by atoms with van der Waals surface area (Å²) in [5.41, 5.74) is 8.52. The van der Waals surface area contributed by atoms with Crippen LogP contribution in [0.2, 0.25) is 0 Å². The standard InChI is InChI=1S/C14H22N2/c15-8-2-4-12-3-1-5-14(11-12)13-6-9-16-10-7-13/h1,3,5,11,13,16H,2,4,6-10,15H2. The van der Waals surface area contributed by atoms with E-state index in [2.05, 4.69) is 29.6 Å². The Morgan fingerprint density at radius 1 is 1.25 bits per heavy atom. The highest BCUT2D eigenvalue weighted by atomic mass is 14.9. The van der Waals surface area contributed by atoms with Crippen molar-refractivity contribution >= 4 is 0 Å². The highest BCUT2D eigenvalue weighted by Gasteiger charge is 2.14. The molecule has 1 aromatic rings. The van der Waals surface area contributed by atoms with Crippen LogP contribution in [-0.2, 0) is 6.42 Å². The van der Waals surface area contributed by atoms with Gasteiger partial charge in [-0.25, -0.2) is 0 Å². The maximum atomic E-state index is 5.55. The molecule has 88 valence electrons. The van der Waals surface area contributed by atoms with Crippen LogP contribution in [0.1, 0.15) is 36.3 Å². The summed E-state index contributed by atoms with van der Waals surface area (Å²) in [7, 11) is 0. The molecule has 0 spiro atoms. The summed E-state index contributed by atoms with van der Waals surface area (Å²) in [4.78, 5) is 0. The van der Waals surface area contributed by atoms with Crippen molar-refractivity contribution in [3.05, 3.63) is 35.4 Å². The third-order valence-corrected chi connectivity index (χ3v) is 3.43. The normalized spacial score (nSPS) is 17.6. The Morgan fingerprint density at radius 3 is 2.81 bits per heavy atom. The third-order valence-electron chi connectivity index (χ3n) is 3.43. The summed E-state index contributed by atoms with van der Waals surface area (Å²) in [6.07, 6.45) is 4.77. The van der Waals surface area contributed by atoms with E-state index in [1.807, 2.05) is 0 Å². The zero-order valence-electron chi connectivity index (χ0n) is 9.91. The third kappa shape index (κ3) is 3.06. The van der Waals surface area contributed by atoms with Crippen molar-refractivity contribution in [3.63, 3.8) is 0 Å². The Kier molecular flexibility index (Phi) is 4.37. The summed E-state index contributed by atoms with van der Waals surface area (Å²) < 4.78 is 0. The molecule has 0 radical (unpaired) electrons. The number of hydrogen-bond acceptors (Lipinski definition) is 2. The molecule has 2 rings (SSSR count). The minimum Gasteiger partial charge on any atom is -0.330 e. The lowest BCUT2D eigenvalue weighted by atomic mass is 9.89. The number of hydrogen-bond donors (Lipinski definition) is 2. The fourth-order valence-corrected chi connectivity index (χ4v) is 2.46. The quantitative estimate of drug-likeness (QED) is 0.811. The van der Waals surface area contributed by atoms with Crippen molar-refractivity contribution < 1.29 is 0 Å². The highest BCUT2D eigenvalue weighted by molar-refractivity contribution is 5.27. The van der Waals surface area contributed by atoms with E-state index in [0.29, 0.717) is 0 Å². The molecule has 1 fully saturated rings. The van der Waals surface area contributed by atoms with Gasteiger partial charge in [-0.2, -0.15) is 0 Å². The van der Waals surface area contributed by atoms with Crippen molar-refractivity contribution in [2.75, 3.05) is 19.6 Å². The lowest BCUT2D eigenvalue weighted by molar-refractivity contribution is 0.460.